The fourth-order valence-corrected chi connectivity index (χ4v) is 1.90. The van der Waals surface area contributed by atoms with Gasteiger partial charge in [0.15, 0.2) is 0 Å². The van der Waals surface area contributed by atoms with Crippen LogP contribution in [0.25, 0.3) is 5.69 Å². The zero-order valence-corrected chi connectivity index (χ0v) is 10.2. The van der Waals surface area contributed by atoms with E-state index in [9.17, 15) is 4.79 Å². The monoisotopic (exact) mass is 271 g/mol. The van der Waals surface area contributed by atoms with Crippen molar-refractivity contribution >= 4 is 29.2 Å². The van der Waals surface area contributed by atoms with Gasteiger partial charge in [-0.1, -0.05) is 23.2 Å². The van der Waals surface area contributed by atoms with Crippen LogP contribution in [0.2, 0.25) is 10.0 Å². The Morgan fingerprint density at radius 3 is 2.35 bits per heavy atom. The number of carboxylic acid groups (broad SMARTS) is 1. The molecule has 0 amide bonds. The Bertz CT molecular complexity index is 575. The molecular formula is C10H7Cl2N3O2. The molecule has 17 heavy (non-hydrogen) atoms. The standard InChI is InChI=1S/C10H7Cl2N3O2/c1-5-13-9(10(16)17)14-15(5)8-3-6(11)2-7(12)4-8/h2-4H,1H3,(H,16,17). The number of rotatable bonds is 2. The van der Waals surface area contributed by atoms with Crippen LogP contribution < -0.4 is 0 Å². The number of aromatic nitrogens is 3. The van der Waals surface area contributed by atoms with Crippen LogP contribution in [0.4, 0.5) is 0 Å². The number of nitrogens with zero attached hydrogens (tertiary/aromatic N) is 3. The Morgan fingerprint density at radius 1 is 1.29 bits per heavy atom. The average Bonchev–Trinajstić information content (AvgIpc) is 2.59. The summed E-state index contributed by atoms with van der Waals surface area (Å²) in [4.78, 5) is 14.6. The van der Waals surface area contributed by atoms with E-state index in [0.29, 0.717) is 21.6 Å². The van der Waals surface area contributed by atoms with E-state index >= 15 is 0 Å². The quantitative estimate of drug-likeness (QED) is 0.912. The van der Waals surface area contributed by atoms with Crippen LogP contribution in [0, 0.1) is 6.92 Å². The summed E-state index contributed by atoms with van der Waals surface area (Å²) in [5.41, 5.74) is 0.569. The molecule has 2 aromatic rings. The Balaban J connectivity index is 2.56. The first-order chi connectivity index (χ1) is 7.97. The van der Waals surface area contributed by atoms with Gasteiger partial charge >= 0.3 is 5.97 Å². The van der Waals surface area contributed by atoms with Gasteiger partial charge in [-0.3, -0.25) is 0 Å². The van der Waals surface area contributed by atoms with Crippen molar-refractivity contribution in [3.05, 3.63) is 39.9 Å². The van der Waals surface area contributed by atoms with Gasteiger partial charge in [-0.15, -0.1) is 5.10 Å². The Hall–Kier alpha value is -1.59. The molecule has 1 aromatic carbocycles. The van der Waals surface area contributed by atoms with Crippen LogP contribution in [-0.2, 0) is 0 Å². The summed E-state index contributed by atoms with van der Waals surface area (Å²) in [7, 11) is 0. The molecule has 0 aliphatic carbocycles. The van der Waals surface area contributed by atoms with Gasteiger partial charge in [0.25, 0.3) is 5.82 Å². The maximum absolute atomic E-state index is 10.7. The molecule has 7 heteroatoms. The molecule has 0 atom stereocenters. The number of aromatic carboxylic acids is 1. The molecule has 2 rings (SSSR count). The van der Waals surface area contributed by atoms with Crippen molar-refractivity contribution in [2.24, 2.45) is 0 Å². The van der Waals surface area contributed by atoms with Gasteiger partial charge in [0.1, 0.15) is 5.82 Å². The number of benzene rings is 1. The van der Waals surface area contributed by atoms with Crippen molar-refractivity contribution in [1.29, 1.82) is 0 Å². The predicted octanol–water partition coefficient (Wildman–Crippen LogP) is 2.58. The first-order valence-corrected chi connectivity index (χ1v) is 5.36. The second-order valence-electron chi connectivity index (χ2n) is 3.33. The van der Waals surface area contributed by atoms with Crippen LogP contribution >= 0.6 is 23.2 Å². The first-order valence-electron chi connectivity index (χ1n) is 4.61. The fraction of sp³-hybridized carbons (Fsp3) is 0.100. The SMILES string of the molecule is Cc1nc(C(=O)O)nn1-c1cc(Cl)cc(Cl)c1. The average molecular weight is 272 g/mol. The van der Waals surface area contributed by atoms with Crippen molar-refractivity contribution in [3.8, 4) is 5.69 Å². The highest BCUT2D eigenvalue weighted by Gasteiger charge is 2.14. The van der Waals surface area contributed by atoms with Gasteiger partial charge in [0.05, 0.1) is 5.69 Å². The van der Waals surface area contributed by atoms with E-state index in [4.69, 9.17) is 28.3 Å². The van der Waals surface area contributed by atoms with Gasteiger partial charge in [-0.2, -0.15) is 0 Å². The van der Waals surface area contributed by atoms with E-state index in [0.717, 1.165) is 0 Å². The van der Waals surface area contributed by atoms with Gasteiger partial charge in [-0.05, 0) is 25.1 Å². The van der Waals surface area contributed by atoms with Crippen LogP contribution in [0.5, 0.6) is 0 Å². The molecule has 88 valence electrons. The number of carbonyl (C=O) groups is 1. The summed E-state index contributed by atoms with van der Waals surface area (Å²) in [6, 6.07) is 4.83. The van der Waals surface area contributed by atoms with Gasteiger partial charge < -0.3 is 5.11 Å². The molecule has 0 unspecified atom stereocenters. The second kappa shape index (κ2) is 4.35. The number of carboxylic acids is 1. The Labute approximate surface area is 107 Å². The minimum Gasteiger partial charge on any atom is -0.475 e. The Morgan fingerprint density at radius 2 is 1.88 bits per heavy atom. The van der Waals surface area contributed by atoms with Crippen molar-refractivity contribution < 1.29 is 9.90 Å². The van der Waals surface area contributed by atoms with E-state index < -0.39 is 5.97 Å². The molecular weight excluding hydrogens is 265 g/mol. The minimum absolute atomic E-state index is 0.265. The molecule has 1 aromatic heterocycles. The zero-order chi connectivity index (χ0) is 12.6. The van der Waals surface area contributed by atoms with E-state index in [1.807, 2.05) is 0 Å². The zero-order valence-electron chi connectivity index (χ0n) is 8.69. The summed E-state index contributed by atoms with van der Waals surface area (Å²) in [6.45, 7) is 1.65. The lowest BCUT2D eigenvalue weighted by atomic mass is 10.3. The van der Waals surface area contributed by atoms with Gasteiger partial charge in [-0.25, -0.2) is 14.5 Å². The van der Waals surface area contributed by atoms with Crippen molar-refractivity contribution in [1.82, 2.24) is 14.8 Å². The highest BCUT2D eigenvalue weighted by atomic mass is 35.5. The maximum atomic E-state index is 10.7. The number of hydrogen-bond donors (Lipinski definition) is 1. The van der Waals surface area contributed by atoms with Crippen molar-refractivity contribution in [3.63, 3.8) is 0 Å². The predicted molar refractivity (Wildman–Crippen MR) is 63.1 cm³/mol. The van der Waals surface area contributed by atoms with Crippen LogP contribution in [0.15, 0.2) is 18.2 Å². The molecule has 0 fully saturated rings. The molecule has 5 nitrogen and oxygen atoms in total. The van der Waals surface area contributed by atoms with Gasteiger partial charge in [0, 0.05) is 10.0 Å². The molecule has 0 saturated carbocycles. The molecule has 1 heterocycles. The number of halogens is 2. The molecule has 0 aliphatic heterocycles. The summed E-state index contributed by atoms with van der Waals surface area (Å²) in [5.74, 6) is -1.00. The lowest BCUT2D eigenvalue weighted by molar-refractivity contribution is 0.0683. The summed E-state index contributed by atoms with van der Waals surface area (Å²) >= 11 is 11.7. The normalized spacial score (nSPS) is 10.5. The van der Waals surface area contributed by atoms with Gasteiger partial charge in [0.2, 0.25) is 0 Å². The largest absolute Gasteiger partial charge is 0.475 e. The third-order valence-corrected chi connectivity index (χ3v) is 2.49. The van der Waals surface area contributed by atoms with Crippen molar-refractivity contribution in [2.75, 3.05) is 0 Å². The first kappa shape index (κ1) is 11.9. The molecule has 0 aliphatic rings. The third kappa shape index (κ3) is 2.40. The second-order valence-corrected chi connectivity index (χ2v) is 4.20. The number of aryl methyl sites for hydroxylation is 1. The topological polar surface area (TPSA) is 68.0 Å². The highest BCUT2D eigenvalue weighted by Crippen LogP contribution is 2.22. The summed E-state index contributed by atoms with van der Waals surface area (Å²) < 4.78 is 1.38. The molecule has 0 spiro atoms. The fourth-order valence-electron chi connectivity index (χ4n) is 1.39. The molecule has 1 N–H and O–H groups in total. The summed E-state index contributed by atoms with van der Waals surface area (Å²) in [6.07, 6.45) is 0. The molecule has 0 bridgehead atoms. The Kier molecular flexibility index (Phi) is 3.04. The van der Waals surface area contributed by atoms with Crippen LogP contribution in [0.1, 0.15) is 16.4 Å². The molecule has 0 saturated heterocycles. The highest BCUT2D eigenvalue weighted by molar-refractivity contribution is 6.34. The van der Waals surface area contributed by atoms with Crippen LogP contribution in [0.3, 0.4) is 0 Å². The lowest BCUT2D eigenvalue weighted by Gasteiger charge is -2.03. The van der Waals surface area contributed by atoms with E-state index in [-0.39, 0.29) is 5.82 Å². The smallest absolute Gasteiger partial charge is 0.375 e. The van der Waals surface area contributed by atoms with Crippen LogP contribution in [-0.4, -0.2) is 25.8 Å². The summed E-state index contributed by atoms with van der Waals surface area (Å²) in [5, 5.41) is 13.5. The van der Waals surface area contributed by atoms with E-state index in [2.05, 4.69) is 10.1 Å². The van der Waals surface area contributed by atoms with Crippen molar-refractivity contribution in [2.45, 2.75) is 6.92 Å². The third-order valence-electron chi connectivity index (χ3n) is 2.05. The minimum atomic E-state index is -1.18. The van der Waals surface area contributed by atoms with E-state index in [1.165, 1.54) is 4.68 Å². The molecule has 0 radical (unpaired) electrons. The number of hydrogen-bond acceptors (Lipinski definition) is 3. The maximum Gasteiger partial charge on any atom is 0.375 e. The lowest BCUT2D eigenvalue weighted by Crippen LogP contribution is -2.02. The van der Waals surface area contributed by atoms with E-state index in [1.54, 1.807) is 25.1 Å².